The Morgan fingerprint density at radius 3 is 2.64 bits per heavy atom. The van der Waals surface area contributed by atoms with Gasteiger partial charge in [0, 0.05) is 42.3 Å². The Morgan fingerprint density at radius 1 is 1.15 bits per heavy atom. The molecule has 3 aromatic rings. The fraction of sp³-hybridized carbons (Fsp3) is 0.240. The minimum atomic E-state index is -0.991. The molecule has 2 heterocycles. The Bertz CT molecular complexity index is 1220. The van der Waals surface area contributed by atoms with Gasteiger partial charge in [-0.05, 0) is 61.2 Å². The van der Waals surface area contributed by atoms with E-state index in [1.807, 2.05) is 4.90 Å². The zero-order valence-corrected chi connectivity index (χ0v) is 18.0. The van der Waals surface area contributed by atoms with Crippen LogP contribution in [0.1, 0.15) is 39.4 Å². The second-order valence-electron chi connectivity index (χ2n) is 8.10. The Kier molecular flexibility index (Phi) is 6.44. The third-order valence-electron chi connectivity index (χ3n) is 5.74. The molecule has 1 saturated heterocycles. The van der Waals surface area contributed by atoms with Crippen molar-refractivity contribution in [2.24, 2.45) is 5.92 Å². The maximum atomic E-state index is 13.0. The van der Waals surface area contributed by atoms with Crippen LogP contribution in [-0.4, -0.2) is 50.8 Å². The fourth-order valence-electron chi connectivity index (χ4n) is 4.04. The van der Waals surface area contributed by atoms with Crippen molar-refractivity contribution in [1.82, 2.24) is 14.9 Å². The van der Waals surface area contributed by atoms with Crippen molar-refractivity contribution in [3.63, 3.8) is 0 Å². The van der Waals surface area contributed by atoms with Crippen LogP contribution in [0.3, 0.4) is 0 Å². The van der Waals surface area contributed by atoms with Gasteiger partial charge in [0.1, 0.15) is 5.82 Å². The van der Waals surface area contributed by atoms with Crippen LogP contribution in [0.15, 0.2) is 61.3 Å². The zero-order chi connectivity index (χ0) is 23.4. The molecule has 1 atom stereocenters. The van der Waals surface area contributed by atoms with E-state index in [0.29, 0.717) is 42.1 Å². The van der Waals surface area contributed by atoms with Crippen LogP contribution in [0.4, 0.5) is 5.69 Å². The summed E-state index contributed by atoms with van der Waals surface area (Å²) in [5.74, 6) is -0.481. The lowest BCUT2D eigenvalue weighted by Crippen LogP contribution is -2.40. The van der Waals surface area contributed by atoms with E-state index in [0.717, 1.165) is 18.2 Å². The van der Waals surface area contributed by atoms with E-state index in [1.54, 1.807) is 42.6 Å². The summed E-state index contributed by atoms with van der Waals surface area (Å²) in [6.07, 6.45) is 5.37. The Balaban J connectivity index is 1.43. The molecule has 33 heavy (non-hydrogen) atoms. The van der Waals surface area contributed by atoms with Crippen LogP contribution in [-0.2, 0) is 11.2 Å². The number of nitrogens with zero attached hydrogens (tertiary/aromatic N) is 3. The first-order chi connectivity index (χ1) is 15.9. The molecule has 0 aliphatic carbocycles. The van der Waals surface area contributed by atoms with E-state index < -0.39 is 5.97 Å². The monoisotopic (exact) mass is 444 g/mol. The Morgan fingerprint density at radius 2 is 1.91 bits per heavy atom. The van der Waals surface area contributed by atoms with Gasteiger partial charge in [-0.1, -0.05) is 12.6 Å². The van der Waals surface area contributed by atoms with E-state index in [-0.39, 0.29) is 23.3 Å². The Hall–Kier alpha value is -4.07. The molecule has 0 unspecified atom stereocenters. The molecule has 168 valence electrons. The van der Waals surface area contributed by atoms with Crippen molar-refractivity contribution >= 4 is 34.4 Å². The molecule has 0 saturated carbocycles. The lowest BCUT2D eigenvalue weighted by Gasteiger charge is -2.32. The second kappa shape index (κ2) is 9.60. The highest BCUT2D eigenvalue weighted by molar-refractivity contribution is 5.99. The summed E-state index contributed by atoms with van der Waals surface area (Å²) in [6.45, 7) is 4.71. The number of carboxylic acid groups (broad SMARTS) is 1. The number of amides is 2. The summed E-state index contributed by atoms with van der Waals surface area (Å²) in [6, 6.07) is 11.6. The number of carbonyl (C=O) groups excluding carboxylic acids is 2. The average Bonchev–Trinajstić information content (AvgIpc) is 2.83. The summed E-state index contributed by atoms with van der Waals surface area (Å²) in [5, 5.41) is 12.7. The maximum Gasteiger partial charge on any atom is 0.335 e. The van der Waals surface area contributed by atoms with Gasteiger partial charge in [0.05, 0.1) is 11.1 Å². The number of benzene rings is 2. The summed E-state index contributed by atoms with van der Waals surface area (Å²) in [4.78, 5) is 46.5. The second-order valence-corrected chi connectivity index (χ2v) is 8.10. The van der Waals surface area contributed by atoms with E-state index in [1.165, 1.54) is 12.1 Å². The average molecular weight is 444 g/mol. The molecular formula is C25H24N4O4. The quantitative estimate of drug-likeness (QED) is 0.563. The molecule has 2 N–H and O–H groups in total. The van der Waals surface area contributed by atoms with Crippen molar-refractivity contribution < 1.29 is 19.5 Å². The summed E-state index contributed by atoms with van der Waals surface area (Å²) < 4.78 is 0. The van der Waals surface area contributed by atoms with Crippen LogP contribution in [0, 0.1) is 5.92 Å². The SMILES string of the molecule is C=CC(=O)Nc1ccc(C(=O)N2CCC[C@@H](Cc3ncc4ccc(C(=O)O)cc4n3)C2)cc1. The third-order valence-corrected chi connectivity index (χ3v) is 5.74. The van der Waals surface area contributed by atoms with E-state index in [4.69, 9.17) is 0 Å². The molecule has 0 bridgehead atoms. The highest BCUT2D eigenvalue weighted by Crippen LogP contribution is 2.23. The van der Waals surface area contributed by atoms with Crippen LogP contribution in [0.5, 0.6) is 0 Å². The molecule has 0 spiro atoms. The minimum Gasteiger partial charge on any atom is -0.478 e. The number of aromatic nitrogens is 2. The zero-order valence-electron chi connectivity index (χ0n) is 18.0. The number of hydrogen-bond acceptors (Lipinski definition) is 5. The van der Waals surface area contributed by atoms with Gasteiger partial charge in [0.15, 0.2) is 0 Å². The minimum absolute atomic E-state index is 0.0492. The van der Waals surface area contributed by atoms with Gasteiger partial charge < -0.3 is 15.3 Å². The van der Waals surface area contributed by atoms with Gasteiger partial charge >= 0.3 is 5.97 Å². The smallest absolute Gasteiger partial charge is 0.335 e. The molecular weight excluding hydrogens is 420 g/mol. The van der Waals surface area contributed by atoms with Crippen LogP contribution in [0.2, 0.25) is 0 Å². The van der Waals surface area contributed by atoms with Gasteiger partial charge in [-0.2, -0.15) is 0 Å². The molecule has 1 aliphatic heterocycles. The lowest BCUT2D eigenvalue weighted by atomic mass is 9.94. The van der Waals surface area contributed by atoms with Gasteiger partial charge in [0.2, 0.25) is 5.91 Å². The van der Waals surface area contributed by atoms with Gasteiger partial charge in [-0.15, -0.1) is 0 Å². The van der Waals surface area contributed by atoms with Gasteiger partial charge in [-0.3, -0.25) is 9.59 Å². The van der Waals surface area contributed by atoms with Gasteiger partial charge in [0.25, 0.3) is 5.91 Å². The normalized spacial score (nSPS) is 15.8. The molecule has 0 radical (unpaired) electrons. The first-order valence-corrected chi connectivity index (χ1v) is 10.7. The topological polar surface area (TPSA) is 112 Å². The van der Waals surface area contributed by atoms with E-state index in [2.05, 4.69) is 21.9 Å². The molecule has 8 heteroatoms. The van der Waals surface area contributed by atoms with E-state index >= 15 is 0 Å². The van der Waals surface area contributed by atoms with Crippen molar-refractivity contribution in [2.45, 2.75) is 19.3 Å². The number of fused-ring (bicyclic) bond motifs is 1. The maximum absolute atomic E-state index is 13.0. The number of likely N-dealkylation sites (tertiary alicyclic amines) is 1. The highest BCUT2D eigenvalue weighted by Gasteiger charge is 2.25. The van der Waals surface area contributed by atoms with Crippen molar-refractivity contribution in [3.05, 3.63) is 78.3 Å². The Labute approximate surface area is 191 Å². The van der Waals surface area contributed by atoms with Gasteiger partial charge in [-0.25, -0.2) is 14.8 Å². The number of piperidine rings is 1. The molecule has 2 aromatic carbocycles. The van der Waals surface area contributed by atoms with Crippen LogP contribution in [0.25, 0.3) is 10.9 Å². The molecule has 1 fully saturated rings. The molecule has 1 aromatic heterocycles. The number of aromatic carboxylic acids is 1. The number of hydrogen-bond donors (Lipinski definition) is 2. The number of anilines is 1. The predicted octanol–water partition coefficient (Wildman–Crippen LogP) is 3.55. The molecule has 1 aliphatic rings. The van der Waals surface area contributed by atoms with Crippen LogP contribution >= 0.6 is 0 Å². The first-order valence-electron chi connectivity index (χ1n) is 10.7. The predicted molar refractivity (Wildman–Crippen MR) is 124 cm³/mol. The molecule has 4 rings (SSSR count). The lowest BCUT2D eigenvalue weighted by molar-refractivity contribution is -0.111. The molecule has 2 amide bonds. The molecule has 8 nitrogen and oxygen atoms in total. The van der Waals surface area contributed by atoms with Crippen LogP contribution < -0.4 is 5.32 Å². The number of carboxylic acids is 1. The highest BCUT2D eigenvalue weighted by atomic mass is 16.4. The van der Waals surface area contributed by atoms with Crippen molar-refractivity contribution in [2.75, 3.05) is 18.4 Å². The fourth-order valence-corrected chi connectivity index (χ4v) is 4.04. The summed E-state index contributed by atoms with van der Waals surface area (Å²) in [7, 11) is 0. The number of nitrogens with one attached hydrogen (secondary N) is 1. The third kappa shape index (κ3) is 5.23. The van der Waals surface area contributed by atoms with Crippen molar-refractivity contribution in [1.29, 1.82) is 0 Å². The summed E-state index contributed by atoms with van der Waals surface area (Å²) >= 11 is 0. The largest absolute Gasteiger partial charge is 0.478 e. The van der Waals surface area contributed by atoms with E-state index in [9.17, 15) is 19.5 Å². The van der Waals surface area contributed by atoms with Crippen molar-refractivity contribution in [3.8, 4) is 0 Å². The summed E-state index contributed by atoms with van der Waals surface area (Å²) in [5.41, 5.74) is 1.96. The standard InChI is InChI=1S/C25H24N4O4/c1-2-23(30)27-20-9-7-17(8-10-20)24(31)29-11-3-4-16(15-29)12-22-26-14-19-6-5-18(25(32)33)13-21(19)28-22/h2,5-10,13-14,16H,1,3-4,11-12,15H2,(H,27,30)(H,32,33)/t16-/m0/s1. The first kappa shape index (κ1) is 22.1. The number of rotatable bonds is 6. The number of carbonyl (C=O) groups is 3.